The van der Waals surface area contributed by atoms with Crippen LogP contribution in [0.25, 0.3) is 65.7 Å². The van der Waals surface area contributed by atoms with Crippen LogP contribution in [0.4, 0.5) is 17.1 Å². The SMILES string of the molecule is c1ccc(-c2cc(-c3ccccc3)c3c4ccccc4c4cc(N5c6ccccc6Oc6ccccc65)ccc4c3c2-c2ccccc2)cc1. The standard InChI is InChI=1S/C48H31NO/c1-4-16-32(17-5-1)39-31-40(33-18-6-2-7-19-33)47-37-23-11-10-22-36(37)41-30-35(28-29-38(41)48(47)46(39)34-20-8-3-9-21-34)49-42-24-12-14-26-44(42)50-45-27-15-13-25-43(45)49/h1-31H. The Morgan fingerprint density at radius 2 is 0.840 bits per heavy atom. The number of rotatable bonds is 4. The van der Waals surface area contributed by atoms with Gasteiger partial charge in [0, 0.05) is 5.69 Å². The number of hydrogen-bond donors (Lipinski definition) is 0. The Bertz CT molecular complexity index is 2670. The summed E-state index contributed by atoms with van der Waals surface area (Å²) in [5.74, 6) is 1.70. The fourth-order valence-electron chi connectivity index (χ4n) is 7.86. The zero-order chi connectivity index (χ0) is 33.0. The molecular weight excluding hydrogens is 607 g/mol. The van der Waals surface area contributed by atoms with Gasteiger partial charge in [-0.05, 0) is 108 Å². The van der Waals surface area contributed by atoms with Crippen LogP contribution >= 0.6 is 0 Å². The first kappa shape index (κ1) is 28.4. The van der Waals surface area contributed by atoms with E-state index >= 15 is 0 Å². The molecule has 0 saturated heterocycles. The van der Waals surface area contributed by atoms with Gasteiger partial charge in [-0.1, -0.05) is 146 Å². The highest BCUT2D eigenvalue weighted by Gasteiger charge is 2.27. The largest absolute Gasteiger partial charge is 0.453 e. The van der Waals surface area contributed by atoms with E-state index in [4.69, 9.17) is 4.74 Å². The number of para-hydroxylation sites is 4. The summed E-state index contributed by atoms with van der Waals surface area (Å²) in [7, 11) is 0. The molecule has 1 aliphatic rings. The highest BCUT2D eigenvalue weighted by Crippen LogP contribution is 2.53. The number of ether oxygens (including phenoxy) is 1. The van der Waals surface area contributed by atoms with E-state index in [9.17, 15) is 0 Å². The number of hydrogen-bond acceptors (Lipinski definition) is 2. The summed E-state index contributed by atoms with van der Waals surface area (Å²) in [6.45, 7) is 0. The molecule has 2 heteroatoms. The molecule has 0 unspecified atom stereocenters. The van der Waals surface area contributed by atoms with E-state index in [2.05, 4.69) is 169 Å². The molecule has 0 aliphatic carbocycles. The van der Waals surface area contributed by atoms with E-state index in [0.717, 1.165) is 28.6 Å². The average molecular weight is 638 g/mol. The van der Waals surface area contributed by atoms with Gasteiger partial charge in [-0.2, -0.15) is 0 Å². The van der Waals surface area contributed by atoms with E-state index in [-0.39, 0.29) is 0 Å². The third-order valence-corrected chi connectivity index (χ3v) is 10.0. The zero-order valence-electron chi connectivity index (χ0n) is 27.3. The van der Waals surface area contributed by atoms with Crippen molar-refractivity contribution in [3.63, 3.8) is 0 Å². The highest BCUT2D eigenvalue weighted by molar-refractivity contribution is 6.33. The van der Waals surface area contributed by atoms with Crippen LogP contribution in [0.3, 0.4) is 0 Å². The van der Waals surface area contributed by atoms with Crippen LogP contribution in [0.5, 0.6) is 11.5 Å². The minimum absolute atomic E-state index is 0.848. The molecule has 0 radical (unpaired) electrons. The van der Waals surface area contributed by atoms with Gasteiger partial charge in [0.25, 0.3) is 0 Å². The van der Waals surface area contributed by atoms with Crippen LogP contribution in [0.1, 0.15) is 0 Å². The van der Waals surface area contributed by atoms with E-state index in [0.29, 0.717) is 0 Å². The highest BCUT2D eigenvalue weighted by atomic mass is 16.5. The van der Waals surface area contributed by atoms with Gasteiger partial charge in [0.2, 0.25) is 0 Å². The molecule has 234 valence electrons. The third kappa shape index (κ3) is 4.43. The number of benzene rings is 9. The molecule has 2 nitrogen and oxygen atoms in total. The van der Waals surface area contributed by atoms with Gasteiger partial charge in [-0.25, -0.2) is 0 Å². The predicted molar refractivity (Wildman–Crippen MR) is 210 cm³/mol. The van der Waals surface area contributed by atoms with Gasteiger partial charge < -0.3 is 9.64 Å². The molecule has 0 amide bonds. The lowest BCUT2D eigenvalue weighted by molar-refractivity contribution is 0.477. The third-order valence-electron chi connectivity index (χ3n) is 10.0. The summed E-state index contributed by atoms with van der Waals surface area (Å²) in [6.07, 6.45) is 0. The normalized spacial score (nSPS) is 12.1. The fraction of sp³-hybridized carbons (Fsp3) is 0. The van der Waals surface area contributed by atoms with Crippen molar-refractivity contribution in [3.8, 4) is 44.9 Å². The molecule has 1 aliphatic heterocycles. The second-order valence-corrected chi connectivity index (χ2v) is 12.8. The molecule has 9 aromatic rings. The number of fused-ring (bicyclic) bond motifs is 8. The zero-order valence-corrected chi connectivity index (χ0v) is 27.3. The average Bonchev–Trinajstić information content (AvgIpc) is 3.20. The number of nitrogens with zero attached hydrogens (tertiary/aromatic N) is 1. The molecular formula is C48H31NO. The van der Waals surface area contributed by atoms with Gasteiger partial charge in [0.15, 0.2) is 11.5 Å². The lowest BCUT2D eigenvalue weighted by Gasteiger charge is -2.33. The van der Waals surface area contributed by atoms with Crippen LogP contribution in [-0.2, 0) is 0 Å². The summed E-state index contributed by atoms with van der Waals surface area (Å²) in [5.41, 5.74) is 10.5. The summed E-state index contributed by atoms with van der Waals surface area (Å²) in [6, 6.07) is 67.5. The van der Waals surface area contributed by atoms with E-state index in [1.165, 1.54) is 65.7 Å². The van der Waals surface area contributed by atoms with Crippen LogP contribution in [0.15, 0.2) is 188 Å². The van der Waals surface area contributed by atoms with Gasteiger partial charge in [-0.3, -0.25) is 0 Å². The molecule has 10 rings (SSSR count). The van der Waals surface area contributed by atoms with Crippen molar-refractivity contribution in [2.45, 2.75) is 0 Å². The van der Waals surface area contributed by atoms with Crippen LogP contribution in [-0.4, -0.2) is 0 Å². The Labute approximate surface area is 291 Å². The van der Waals surface area contributed by atoms with E-state index in [1.54, 1.807) is 0 Å². The topological polar surface area (TPSA) is 12.5 Å². The maximum absolute atomic E-state index is 6.38. The molecule has 0 fully saturated rings. The minimum atomic E-state index is 0.848. The van der Waals surface area contributed by atoms with Gasteiger partial charge in [0.1, 0.15) is 0 Å². The summed E-state index contributed by atoms with van der Waals surface area (Å²) < 4.78 is 6.38. The van der Waals surface area contributed by atoms with E-state index < -0.39 is 0 Å². The lowest BCUT2D eigenvalue weighted by atomic mass is 9.81. The molecule has 9 aromatic carbocycles. The maximum Gasteiger partial charge on any atom is 0.151 e. The summed E-state index contributed by atoms with van der Waals surface area (Å²) in [4.78, 5) is 2.33. The Kier molecular flexibility index (Phi) is 6.53. The Morgan fingerprint density at radius 3 is 1.48 bits per heavy atom. The molecule has 0 spiro atoms. The molecule has 1 heterocycles. The molecule has 0 atom stereocenters. The van der Waals surface area contributed by atoms with Crippen LogP contribution in [0, 0.1) is 0 Å². The van der Waals surface area contributed by atoms with Crippen LogP contribution < -0.4 is 9.64 Å². The molecule has 50 heavy (non-hydrogen) atoms. The van der Waals surface area contributed by atoms with Gasteiger partial charge >= 0.3 is 0 Å². The van der Waals surface area contributed by atoms with Crippen molar-refractivity contribution in [1.29, 1.82) is 0 Å². The maximum atomic E-state index is 6.38. The quantitative estimate of drug-likeness (QED) is 0.178. The smallest absolute Gasteiger partial charge is 0.151 e. The van der Waals surface area contributed by atoms with Gasteiger partial charge in [0.05, 0.1) is 11.4 Å². The molecule has 0 N–H and O–H groups in total. The van der Waals surface area contributed by atoms with Crippen molar-refractivity contribution in [3.05, 3.63) is 188 Å². The fourth-order valence-corrected chi connectivity index (χ4v) is 7.86. The van der Waals surface area contributed by atoms with Crippen LogP contribution in [0.2, 0.25) is 0 Å². The number of anilines is 3. The van der Waals surface area contributed by atoms with Crippen molar-refractivity contribution in [2.75, 3.05) is 4.90 Å². The summed E-state index contributed by atoms with van der Waals surface area (Å²) in [5, 5.41) is 7.45. The lowest BCUT2D eigenvalue weighted by Crippen LogP contribution is -2.15. The predicted octanol–water partition coefficient (Wildman–Crippen LogP) is 13.7. The van der Waals surface area contributed by atoms with E-state index in [1.807, 2.05) is 24.3 Å². The second-order valence-electron chi connectivity index (χ2n) is 12.8. The Hall–Kier alpha value is -6.64. The second kappa shape index (κ2) is 11.5. The Morgan fingerprint density at radius 1 is 0.340 bits per heavy atom. The first-order chi connectivity index (χ1) is 24.8. The van der Waals surface area contributed by atoms with Crippen molar-refractivity contribution >= 4 is 49.4 Å². The minimum Gasteiger partial charge on any atom is -0.453 e. The van der Waals surface area contributed by atoms with Crippen molar-refractivity contribution < 1.29 is 4.74 Å². The van der Waals surface area contributed by atoms with Crippen molar-refractivity contribution in [1.82, 2.24) is 0 Å². The molecule has 0 bridgehead atoms. The van der Waals surface area contributed by atoms with Gasteiger partial charge in [-0.15, -0.1) is 0 Å². The molecule has 0 aromatic heterocycles. The first-order valence-corrected chi connectivity index (χ1v) is 17.1. The first-order valence-electron chi connectivity index (χ1n) is 17.1. The van der Waals surface area contributed by atoms with Crippen molar-refractivity contribution in [2.24, 2.45) is 0 Å². The summed E-state index contributed by atoms with van der Waals surface area (Å²) >= 11 is 0. The Balaban J connectivity index is 1.38. The molecule has 0 saturated carbocycles. The monoisotopic (exact) mass is 637 g/mol.